The molecule has 0 radical (unpaired) electrons. The zero-order chi connectivity index (χ0) is 17.6. The molecule has 0 saturated carbocycles. The second-order valence-electron chi connectivity index (χ2n) is 6.42. The van der Waals surface area contributed by atoms with E-state index in [1.54, 1.807) is 23.3 Å². The fourth-order valence-corrected chi connectivity index (χ4v) is 3.92. The standard InChI is InChI=1S/C19H25N3O2S/c1-14-8-6-7-10-16(14)24-13-12-22(2)19(23)21-18-20-15-9-4-3-5-11-17(15)25-18/h6-8,10H,3-5,9,11-13H2,1-2H3,(H,20,21,23). The molecular weight excluding hydrogens is 334 g/mol. The molecule has 5 nitrogen and oxygen atoms in total. The van der Waals surface area contributed by atoms with Crippen LogP contribution in [-0.4, -0.2) is 36.1 Å². The van der Waals surface area contributed by atoms with E-state index >= 15 is 0 Å². The minimum Gasteiger partial charge on any atom is -0.491 e. The van der Waals surface area contributed by atoms with Crippen LogP contribution in [0.15, 0.2) is 24.3 Å². The lowest BCUT2D eigenvalue weighted by molar-refractivity contribution is 0.207. The Labute approximate surface area is 153 Å². The van der Waals surface area contributed by atoms with Crippen LogP contribution in [0.25, 0.3) is 0 Å². The van der Waals surface area contributed by atoms with Crippen LogP contribution in [0, 0.1) is 6.92 Å². The van der Waals surface area contributed by atoms with Gasteiger partial charge in [-0.15, -0.1) is 11.3 Å². The molecule has 0 unspecified atom stereocenters. The van der Waals surface area contributed by atoms with E-state index in [9.17, 15) is 4.79 Å². The second kappa shape index (κ2) is 8.34. The van der Waals surface area contributed by atoms with Gasteiger partial charge in [0.2, 0.25) is 0 Å². The molecule has 2 aromatic rings. The highest BCUT2D eigenvalue weighted by molar-refractivity contribution is 7.15. The van der Waals surface area contributed by atoms with Gasteiger partial charge in [-0.25, -0.2) is 9.78 Å². The van der Waals surface area contributed by atoms with Crippen LogP contribution in [0.5, 0.6) is 5.75 Å². The third kappa shape index (κ3) is 4.72. The Morgan fingerprint density at radius 3 is 2.92 bits per heavy atom. The van der Waals surface area contributed by atoms with E-state index in [1.165, 1.54) is 29.8 Å². The van der Waals surface area contributed by atoms with Gasteiger partial charge in [-0.2, -0.15) is 0 Å². The number of aromatic nitrogens is 1. The Morgan fingerprint density at radius 1 is 1.28 bits per heavy atom. The maximum absolute atomic E-state index is 12.3. The average molecular weight is 359 g/mol. The number of nitrogens with one attached hydrogen (secondary N) is 1. The first-order valence-corrected chi connectivity index (χ1v) is 9.64. The zero-order valence-electron chi connectivity index (χ0n) is 14.9. The summed E-state index contributed by atoms with van der Waals surface area (Å²) >= 11 is 1.62. The number of anilines is 1. The topological polar surface area (TPSA) is 54.5 Å². The SMILES string of the molecule is Cc1ccccc1OCCN(C)C(=O)Nc1nc2c(s1)CCCCC2. The van der Waals surface area contributed by atoms with E-state index in [4.69, 9.17) is 4.74 Å². The summed E-state index contributed by atoms with van der Waals surface area (Å²) in [6, 6.07) is 7.75. The van der Waals surface area contributed by atoms with Crippen molar-refractivity contribution in [1.82, 2.24) is 9.88 Å². The van der Waals surface area contributed by atoms with Crippen molar-refractivity contribution in [2.24, 2.45) is 0 Å². The number of likely N-dealkylation sites (N-methyl/N-ethyl adjacent to an activating group) is 1. The van der Waals surface area contributed by atoms with Gasteiger partial charge in [0.25, 0.3) is 0 Å². The Hall–Kier alpha value is -2.08. The summed E-state index contributed by atoms with van der Waals surface area (Å²) in [6.45, 7) is 2.99. The summed E-state index contributed by atoms with van der Waals surface area (Å²) < 4.78 is 5.75. The molecule has 1 aromatic heterocycles. The first-order valence-electron chi connectivity index (χ1n) is 8.82. The summed E-state index contributed by atoms with van der Waals surface area (Å²) in [4.78, 5) is 19.9. The molecule has 0 saturated heterocycles. The van der Waals surface area contributed by atoms with E-state index in [0.29, 0.717) is 18.3 Å². The van der Waals surface area contributed by atoms with Crippen LogP contribution in [-0.2, 0) is 12.8 Å². The molecule has 0 bridgehead atoms. The molecule has 0 aliphatic heterocycles. The van der Waals surface area contributed by atoms with Gasteiger partial charge in [-0.3, -0.25) is 5.32 Å². The summed E-state index contributed by atoms with van der Waals surface area (Å²) in [7, 11) is 1.77. The predicted octanol–water partition coefficient (Wildman–Crippen LogP) is 4.26. The maximum Gasteiger partial charge on any atom is 0.323 e. The number of thiazole rings is 1. The molecule has 1 aromatic carbocycles. The Morgan fingerprint density at radius 2 is 2.08 bits per heavy atom. The molecule has 0 atom stereocenters. The molecule has 25 heavy (non-hydrogen) atoms. The zero-order valence-corrected chi connectivity index (χ0v) is 15.7. The van der Waals surface area contributed by atoms with Gasteiger partial charge in [0.15, 0.2) is 5.13 Å². The summed E-state index contributed by atoms with van der Waals surface area (Å²) in [5.74, 6) is 0.861. The largest absolute Gasteiger partial charge is 0.491 e. The van der Waals surface area contributed by atoms with Crippen molar-refractivity contribution >= 4 is 22.5 Å². The molecule has 1 aliphatic rings. The van der Waals surface area contributed by atoms with Crippen molar-refractivity contribution in [2.45, 2.75) is 39.0 Å². The first-order chi connectivity index (χ1) is 12.1. The number of hydrogen-bond acceptors (Lipinski definition) is 4. The van der Waals surface area contributed by atoms with Crippen molar-refractivity contribution in [2.75, 3.05) is 25.5 Å². The monoisotopic (exact) mass is 359 g/mol. The fraction of sp³-hybridized carbons (Fsp3) is 0.474. The van der Waals surface area contributed by atoms with Crippen molar-refractivity contribution in [1.29, 1.82) is 0 Å². The van der Waals surface area contributed by atoms with E-state index in [1.807, 2.05) is 31.2 Å². The van der Waals surface area contributed by atoms with E-state index in [0.717, 1.165) is 24.2 Å². The van der Waals surface area contributed by atoms with Crippen molar-refractivity contribution < 1.29 is 9.53 Å². The number of nitrogens with zero attached hydrogens (tertiary/aromatic N) is 2. The van der Waals surface area contributed by atoms with Gasteiger partial charge in [-0.1, -0.05) is 24.6 Å². The number of urea groups is 1. The van der Waals surface area contributed by atoms with E-state index in [2.05, 4.69) is 10.3 Å². The van der Waals surface area contributed by atoms with Gasteiger partial charge in [0.05, 0.1) is 12.2 Å². The quantitative estimate of drug-likeness (QED) is 0.812. The lowest BCUT2D eigenvalue weighted by Crippen LogP contribution is -2.34. The van der Waals surface area contributed by atoms with Crippen molar-refractivity contribution in [3.8, 4) is 5.75 Å². The summed E-state index contributed by atoms with van der Waals surface area (Å²) in [5.41, 5.74) is 2.27. The van der Waals surface area contributed by atoms with Gasteiger partial charge >= 0.3 is 6.03 Å². The Balaban J connectivity index is 1.48. The number of amides is 2. The predicted molar refractivity (Wildman–Crippen MR) is 102 cm³/mol. The molecule has 1 N–H and O–H groups in total. The minimum absolute atomic E-state index is 0.141. The third-order valence-electron chi connectivity index (χ3n) is 4.43. The number of carbonyl (C=O) groups excluding carboxylic acids is 1. The van der Waals surface area contributed by atoms with Crippen molar-refractivity contribution in [3.05, 3.63) is 40.4 Å². The van der Waals surface area contributed by atoms with Gasteiger partial charge in [0, 0.05) is 11.9 Å². The highest BCUT2D eigenvalue weighted by atomic mass is 32.1. The molecule has 1 aliphatic carbocycles. The second-order valence-corrected chi connectivity index (χ2v) is 7.50. The lowest BCUT2D eigenvalue weighted by atomic mass is 10.2. The normalized spacial score (nSPS) is 13.7. The number of rotatable bonds is 5. The smallest absolute Gasteiger partial charge is 0.323 e. The lowest BCUT2D eigenvalue weighted by Gasteiger charge is -2.17. The maximum atomic E-state index is 12.3. The third-order valence-corrected chi connectivity index (χ3v) is 5.51. The number of hydrogen-bond donors (Lipinski definition) is 1. The first kappa shape index (κ1) is 17.7. The number of ether oxygens (including phenoxy) is 1. The molecular formula is C19H25N3O2S. The molecule has 0 spiro atoms. The van der Waals surface area contributed by atoms with Gasteiger partial charge < -0.3 is 9.64 Å². The van der Waals surface area contributed by atoms with Crippen LogP contribution in [0.1, 0.15) is 35.4 Å². The number of fused-ring (bicyclic) bond motifs is 1. The highest BCUT2D eigenvalue weighted by Gasteiger charge is 2.16. The molecule has 3 rings (SSSR count). The van der Waals surface area contributed by atoms with Gasteiger partial charge in [-0.05, 0) is 44.2 Å². The summed E-state index contributed by atoms with van der Waals surface area (Å²) in [6.07, 6.45) is 5.80. The van der Waals surface area contributed by atoms with Crippen LogP contribution >= 0.6 is 11.3 Å². The molecule has 0 fully saturated rings. The summed E-state index contributed by atoms with van der Waals surface area (Å²) in [5, 5.41) is 3.63. The Bertz CT molecular complexity index is 706. The van der Waals surface area contributed by atoms with Gasteiger partial charge in [0.1, 0.15) is 12.4 Å². The van der Waals surface area contributed by atoms with E-state index < -0.39 is 0 Å². The average Bonchev–Trinajstić information content (AvgIpc) is 2.84. The fourth-order valence-electron chi connectivity index (χ4n) is 2.88. The number of benzene rings is 1. The molecule has 2 amide bonds. The minimum atomic E-state index is -0.141. The highest BCUT2D eigenvalue weighted by Crippen LogP contribution is 2.29. The number of aryl methyl sites for hydroxylation is 3. The Kier molecular flexibility index (Phi) is 5.91. The van der Waals surface area contributed by atoms with Crippen molar-refractivity contribution in [3.63, 3.8) is 0 Å². The van der Waals surface area contributed by atoms with E-state index in [-0.39, 0.29) is 6.03 Å². The molecule has 6 heteroatoms. The van der Waals surface area contributed by atoms with Crippen LogP contribution in [0.3, 0.4) is 0 Å². The number of carbonyl (C=O) groups is 1. The van der Waals surface area contributed by atoms with Crippen LogP contribution in [0.2, 0.25) is 0 Å². The number of para-hydroxylation sites is 1. The molecule has 1 heterocycles. The van der Waals surface area contributed by atoms with Crippen LogP contribution < -0.4 is 10.1 Å². The molecule has 134 valence electrons. The van der Waals surface area contributed by atoms with Crippen LogP contribution in [0.4, 0.5) is 9.93 Å².